The molecule has 27 heavy (non-hydrogen) atoms. The van der Waals surface area contributed by atoms with Crippen molar-refractivity contribution in [3.05, 3.63) is 59.7 Å². The first-order valence-electron chi connectivity index (χ1n) is 8.96. The second-order valence-corrected chi connectivity index (χ2v) is 7.09. The van der Waals surface area contributed by atoms with Crippen LogP contribution in [0.1, 0.15) is 42.1 Å². The number of benzene rings is 2. The van der Waals surface area contributed by atoms with Crippen LogP contribution in [0.15, 0.2) is 48.5 Å². The van der Waals surface area contributed by atoms with Crippen LogP contribution in [0.4, 0.5) is 11.4 Å². The minimum absolute atomic E-state index is 0.0554. The molecule has 1 aliphatic heterocycles. The molecule has 6 nitrogen and oxygen atoms in total. The van der Waals surface area contributed by atoms with Crippen molar-refractivity contribution in [1.29, 1.82) is 0 Å². The standard InChI is InChI=1S/C21H23N3O3/c1-13(2)15-4-3-5-18(10-15)24-12-16(11-19(24)25)21(27)23-17-8-6-14(7-9-17)20(22)26/h3-10,13,16H,11-12H2,1-2H3,(H2,22,26)(H,23,27). The Balaban J connectivity index is 1.68. The highest BCUT2D eigenvalue weighted by Crippen LogP contribution is 2.28. The molecule has 6 heteroatoms. The van der Waals surface area contributed by atoms with Crippen molar-refractivity contribution in [2.75, 3.05) is 16.8 Å². The number of rotatable bonds is 5. The Morgan fingerprint density at radius 1 is 1.15 bits per heavy atom. The van der Waals surface area contributed by atoms with E-state index < -0.39 is 11.8 Å². The van der Waals surface area contributed by atoms with Gasteiger partial charge in [-0.1, -0.05) is 26.0 Å². The van der Waals surface area contributed by atoms with Crippen molar-refractivity contribution >= 4 is 29.1 Å². The molecule has 2 aromatic rings. The maximum absolute atomic E-state index is 12.5. The first-order chi connectivity index (χ1) is 12.8. The normalized spacial score (nSPS) is 16.6. The molecule has 1 fully saturated rings. The van der Waals surface area contributed by atoms with Crippen molar-refractivity contribution in [3.63, 3.8) is 0 Å². The number of carbonyl (C=O) groups is 3. The molecule has 1 aliphatic rings. The summed E-state index contributed by atoms with van der Waals surface area (Å²) in [5, 5.41) is 2.80. The molecule has 1 saturated heterocycles. The number of amides is 3. The third-order valence-corrected chi connectivity index (χ3v) is 4.78. The summed E-state index contributed by atoms with van der Waals surface area (Å²) in [5.41, 5.74) is 8.13. The van der Waals surface area contributed by atoms with E-state index in [1.807, 2.05) is 24.3 Å². The number of carbonyl (C=O) groups excluding carboxylic acids is 3. The largest absolute Gasteiger partial charge is 0.366 e. The Bertz CT molecular complexity index is 874. The van der Waals surface area contributed by atoms with Crippen LogP contribution in [-0.2, 0) is 9.59 Å². The highest BCUT2D eigenvalue weighted by atomic mass is 16.2. The van der Waals surface area contributed by atoms with E-state index in [1.54, 1.807) is 29.2 Å². The molecule has 2 aromatic carbocycles. The number of nitrogens with two attached hydrogens (primary N) is 1. The van der Waals surface area contributed by atoms with E-state index in [1.165, 1.54) is 0 Å². The van der Waals surface area contributed by atoms with E-state index in [-0.39, 0.29) is 18.2 Å². The molecule has 1 unspecified atom stereocenters. The van der Waals surface area contributed by atoms with Crippen LogP contribution in [0.3, 0.4) is 0 Å². The summed E-state index contributed by atoms with van der Waals surface area (Å²) in [6.07, 6.45) is 0.178. The zero-order valence-electron chi connectivity index (χ0n) is 15.4. The van der Waals surface area contributed by atoms with Gasteiger partial charge in [0.1, 0.15) is 0 Å². The lowest BCUT2D eigenvalue weighted by molar-refractivity contribution is -0.122. The van der Waals surface area contributed by atoms with Gasteiger partial charge < -0.3 is 16.0 Å². The third-order valence-electron chi connectivity index (χ3n) is 4.78. The summed E-state index contributed by atoms with van der Waals surface area (Å²) in [6.45, 7) is 4.56. The molecule has 0 saturated carbocycles. The van der Waals surface area contributed by atoms with Crippen LogP contribution in [0.2, 0.25) is 0 Å². The van der Waals surface area contributed by atoms with Gasteiger partial charge in [0.05, 0.1) is 5.92 Å². The fourth-order valence-electron chi connectivity index (χ4n) is 3.15. The number of primary amides is 1. The highest BCUT2D eigenvalue weighted by molar-refractivity contribution is 6.03. The first kappa shape index (κ1) is 18.6. The Kier molecular flexibility index (Phi) is 5.26. The van der Waals surface area contributed by atoms with E-state index in [4.69, 9.17) is 5.73 Å². The van der Waals surface area contributed by atoms with E-state index in [9.17, 15) is 14.4 Å². The Morgan fingerprint density at radius 3 is 2.48 bits per heavy atom. The second kappa shape index (κ2) is 7.61. The quantitative estimate of drug-likeness (QED) is 0.853. The molecular weight excluding hydrogens is 342 g/mol. The predicted octanol–water partition coefficient (Wildman–Crippen LogP) is 2.90. The molecule has 0 aromatic heterocycles. The Labute approximate surface area is 158 Å². The van der Waals surface area contributed by atoms with Crippen molar-refractivity contribution in [2.24, 2.45) is 11.7 Å². The van der Waals surface area contributed by atoms with Gasteiger partial charge in [-0.15, -0.1) is 0 Å². The van der Waals surface area contributed by atoms with Crippen molar-refractivity contribution in [2.45, 2.75) is 26.2 Å². The molecule has 0 bridgehead atoms. The number of nitrogens with one attached hydrogen (secondary N) is 1. The van der Waals surface area contributed by atoms with Crippen LogP contribution in [0.25, 0.3) is 0 Å². The summed E-state index contributed by atoms with van der Waals surface area (Å²) in [4.78, 5) is 37.8. The summed E-state index contributed by atoms with van der Waals surface area (Å²) < 4.78 is 0. The van der Waals surface area contributed by atoms with E-state index in [2.05, 4.69) is 19.2 Å². The number of nitrogens with zero attached hydrogens (tertiary/aromatic N) is 1. The van der Waals surface area contributed by atoms with Crippen molar-refractivity contribution < 1.29 is 14.4 Å². The molecule has 1 atom stereocenters. The minimum atomic E-state index is -0.520. The van der Waals surface area contributed by atoms with Crippen molar-refractivity contribution in [3.8, 4) is 0 Å². The summed E-state index contributed by atoms with van der Waals surface area (Å²) >= 11 is 0. The Hall–Kier alpha value is -3.15. The lowest BCUT2D eigenvalue weighted by Crippen LogP contribution is -2.28. The average molecular weight is 365 g/mol. The van der Waals surface area contributed by atoms with E-state index >= 15 is 0 Å². The first-order valence-corrected chi connectivity index (χ1v) is 8.96. The van der Waals surface area contributed by atoms with Gasteiger partial charge >= 0.3 is 0 Å². The highest BCUT2D eigenvalue weighted by Gasteiger charge is 2.35. The van der Waals surface area contributed by atoms with E-state index in [0.29, 0.717) is 23.7 Å². The monoisotopic (exact) mass is 365 g/mol. The summed E-state index contributed by atoms with van der Waals surface area (Å²) in [5.74, 6) is -0.840. The average Bonchev–Trinajstić information content (AvgIpc) is 3.04. The third kappa shape index (κ3) is 4.16. The lowest BCUT2D eigenvalue weighted by Gasteiger charge is -2.18. The van der Waals surface area contributed by atoms with Gasteiger partial charge in [-0.2, -0.15) is 0 Å². The molecule has 0 radical (unpaired) electrons. The topological polar surface area (TPSA) is 92.5 Å². The maximum atomic E-state index is 12.5. The zero-order chi connectivity index (χ0) is 19.6. The van der Waals surface area contributed by atoms with Gasteiger partial charge in [0.2, 0.25) is 17.7 Å². The summed E-state index contributed by atoms with van der Waals surface area (Å²) in [6, 6.07) is 14.2. The SMILES string of the molecule is CC(C)c1cccc(N2CC(C(=O)Nc3ccc(C(N)=O)cc3)CC2=O)c1. The van der Waals surface area contributed by atoms with Crippen LogP contribution < -0.4 is 16.0 Å². The van der Waals surface area contributed by atoms with Crippen LogP contribution in [0.5, 0.6) is 0 Å². The van der Waals surface area contributed by atoms with Gasteiger partial charge in [0.15, 0.2) is 0 Å². The van der Waals surface area contributed by atoms with Gasteiger partial charge in [0, 0.05) is 29.9 Å². The summed E-state index contributed by atoms with van der Waals surface area (Å²) in [7, 11) is 0. The lowest BCUT2D eigenvalue weighted by atomic mass is 10.0. The zero-order valence-corrected chi connectivity index (χ0v) is 15.4. The molecule has 0 aliphatic carbocycles. The molecule has 140 valence electrons. The van der Waals surface area contributed by atoms with Crippen LogP contribution >= 0.6 is 0 Å². The fraction of sp³-hybridized carbons (Fsp3) is 0.286. The molecule has 3 rings (SSSR count). The van der Waals surface area contributed by atoms with Gasteiger partial charge in [-0.25, -0.2) is 0 Å². The van der Waals surface area contributed by atoms with Crippen molar-refractivity contribution in [1.82, 2.24) is 0 Å². The molecule has 3 amide bonds. The molecule has 0 spiro atoms. The number of hydrogen-bond donors (Lipinski definition) is 2. The number of anilines is 2. The maximum Gasteiger partial charge on any atom is 0.248 e. The van der Waals surface area contributed by atoms with Gasteiger partial charge in [-0.05, 0) is 47.9 Å². The van der Waals surface area contributed by atoms with Crippen LogP contribution in [-0.4, -0.2) is 24.3 Å². The molecular formula is C21H23N3O3. The number of hydrogen-bond acceptors (Lipinski definition) is 3. The van der Waals surface area contributed by atoms with Gasteiger partial charge in [0.25, 0.3) is 0 Å². The fourth-order valence-corrected chi connectivity index (χ4v) is 3.15. The van der Waals surface area contributed by atoms with Gasteiger partial charge in [-0.3, -0.25) is 14.4 Å². The minimum Gasteiger partial charge on any atom is -0.366 e. The molecule has 3 N–H and O–H groups in total. The predicted molar refractivity (Wildman–Crippen MR) is 105 cm³/mol. The Morgan fingerprint density at radius 2 is 1.85 bits per heavy atom. The second-order valence-electron chi connectivity index (χ2n) is 7.09. The van der Waals surface area contributed by atoms with E-state index in [0.717, 1.165) is 11.3 Å². The molecule has 1 heterocycles. The smallest absolute Gasteiger partial charge is 0.248 e. The van der Waals surface area contributed by atoms with Crippen LogP contribution in [0, 0.1) is 5.92 Å².